The highest BCUT2D eigenvalue weighted by atomic mass is 79.9. The summed E-state index contributed by atoms with van der Waals surface area (Å²) in [6.45, 7) is 3.56. The molecule has 1 aromatic carbocycles. The summed E-state index contributed by atoms with van der Waals surface area (Å²) >= 11 is 6.21. The fraction of sp³-hybridized carbons (Fsp3) is 0.412. The maximum absolute atomic E-state index is 13.3. The third-order valence-electron chi connectivity index (χ3n) is 4.54. The van der Waals surface area contributed by atoms with Crippen molar-refractivity contribution >= 4 is 39.4 Å². The molecule has 0 amide bonds. The molecule has 3 unspecified atom stereocenters. The maximum Gasteiger partial charge on any atom is 0.134 e. The van der Waals surface area contributed by atoms with Gasteiger partial charge in [0.25, 0.3) is 0 Å². The summed E-state index contributed by atoms with van der Waals surface area (Å²) in [4.78, 5) is 2.52. The molecule has 24 heavy (non-hydrogen) atoms. The van der Waals surface area contributed by atoms with Crippen LogP contribution in [0.3, 0.4) is 0 Å². The fourth-order valence-corrected chi connectivity index (χ4v) is 5.45. The molecule has 2 saturated heterocycles. The molecule has 2 aliphatic heterocycles. The number of nitrogens with zero attached hydrogens (tertiary/aromatic N) is 3. The van der Waals surface area contributed by atoms with Gasteiger partial charge in [0.2, 0.25) is 0 Å². The van der Waals surface area contributed by atoms with Gasteiger partial charge in [0.1, 0.15) is 10.8 Å². The van der Waals surface area contributed by atoms with E-state index < -0.39 is 0 Å². The average Bonchev–Trinajstić information content (AvgIpc) is 3.26. The number of rotatable bonds is 3. The van der Waals surface area contributed by atoms with Gasteiger partial charge < -0.3 is 4.90 Å². The number of benzene rings is 1. The molecule has 0 aliphatic carbocycles. The van der Waals surface area contributed by atoms with Crippen molar-refractivity contribution in [3.05, 3.63) is 39.7 Å². The van der Waals surface area contributed by atoms with E-state index in [9.17, 15) is 4.39 Å². The Morgan fingerprint density at radius 3 is 3.00 bits per heavy atom. The largest absolute Gasteiger partial charge is 0.302 e. The highest BCUT2D eigenvalue weighted by Gasteiger charge is 2.41. The molecule has 0 saturated carbocycles. The van der Waals surface area contributed by atoms with Gasteiger partial charge in [-0.3, -0.25) is 0 Å². The normalized spacial score (nSPS) is 24.8. The predicted molar refractivity (Wildman–Crippen MR) is 98.9 cm³/mol. The Balaban J connectivity index is 1.41. The fourth-order valence-electron chi connectivity index (χ4n) is 3.48. The molecule has 3 atom stereocenters. The molecule has 1 aromatic heterocycles. The Labute approximate surface area is 157 Å². The molecule has 2 aromatic rings. The van der Waals surface area contributed by atoms with E-state index in [2.05, 4.69) is 41.4 Å². The molecule has 7 heteroatoms. The Morgan fingerprint density at radius 2 is 2.25 bits per heavy atom. The van der Waals surface area contributed by atoms with Crippen LogP contribution in [0.4, 0.5) is 4.39 Å². The van der Waals surface area contributed by atoms with E-state index >= 15 is 0 Å². The molecule has 4 rings (SSSR count). The number of thioether (sulfide) groups is 1. The molecule has 3 nitrogen and oxygen atoms in total. The third-order valence-corrected chi connectivity index (χ3v) is 6.52. The molecule has 0 spiro atoms. The highest BCUT2D eigenvalue weighted by molar-refractivity contribution is 9.10. The van der Waals surface area contributed by atoms with Gasteiger partial charge in [0, 0.05) is 29.0 Å². The highest BCUT2D eigenvalue weighted by Crippen LogP contribution is 2.41. The molecular formula is C17H15BrFN3S2. The van der Waals surface area contributed by atoms with Crippen LogP contribution in [-0.4, -0.2) is 39.0 Å². The van der Waals surface area contributed by atoms with Crippen LogP contribution in [0, 0.1) is 23.6 Å². The lowest BCUT2D eigenvalue weighted by atomic mass is 9.90. The van der Waals surface area contributed by atoms with Crippen molar-refractivity contribution in [1.82, 2.24) is 13.6 Å². The van der Waals surface area contributed by atoms with Gasteiger partial charge in [-0.15, -0.1) is 0 Å². The van der Waals surface area contributed by atoms with Gasteiger partial charge in [-0.2, -0.15) is 8.75 Å². The Morgan fingerprint density at radius 1 is 1.33 bits per heavy atom. The Kier molecular flexibility index (Phi) is 4.90. The summed E-state index contributed by atoms with van der Waals surface area (Å²) in [6, 6.07) is 4.70. The molecule has 0 N–H and O–H groups in total. The van der Waals surface area contributed by atoms with E-state index in [1.54, 1.807) is 11.8 Å². The van der Waals surface area contributed by atoms with Gasteiger partial charge in [-0.1, -0.05) is 39.5 Å². The van der Waals surface area contributed by atoms with Crippen molar-refractivity contribution in [2.24, 2.45) is 5.92 Å². The SMILES string of the molecule is Fc1cc(Br)cc(C#CCSc2nsnc2C2CN3CCC2C3)c1. The van der Waals surface area contributed by atoms with Crippen molar-refractivity contribution in [1.29, 1.82) is 0 Å². The lowest BCUT2D eigenvalue weighted by molar-refractivity contribution is 0.342. The van der Waals surface area contributed by atoms with Gasteiger partial charge in [-0.25, -0.2) is 4.39 Å². The molecular weight excluding hydrogens is 409 g/mol. The zero-order valence-corrected chi connectivity index (χ0v) is 16.1. The topological polar surface area (TPSA) is 29.0 Å². The minimum absolute atomic E-state index is 0.279. The van der Waals surface area contributed by atoms with Gasteiger partial charge in [0.05, 0.1) is 23.2 Å². The lowest BCUT2D eigenvalue weighted by Gasteiger charge is -2.20. The molecule has 3 heterocycles. The number of hydrogen-bond acceptors (Lipinski definition) is 5. The third kappa shape index (κ3) is 3.52. The van der Waals surface area contributed by atoms with Gasteiger partial charge >= 0.3 is 0 Å². The summed E-state index contributed by atoms with van der Waals surface area (Å²) in [5, 5.41) is 1.02. The van der Waals surface area contributed by atoms with Crippen LogP contribution in [-0.2, 0) is 0 Å². The molecule has 2 fully saturated rings. The van der Waals surface area contributed by atoms with Crippen molar-refractivity contribution < 1.29 is 4.39 Å². The number of aromatic nitrogens is 2. The van der Waals surface area contributed by atoms with Crippen LogP contribution >= 0.6 is 39.4 Å². The Hall–Kier alpha value is -0.940. The van der Waals surface area contributed by atoms with E-state index in [1.807, 2.05) is 6.07 Å². The van der Waals surface area contributed by atoms with Crippen LogP contribution in [0.2, 0.25) is 0 Å². The second kappa shape index (κ2) is 7.12. The first kappa shape index (κ1) is 16.5. The average molecular weight is 424 g/mol. The minimum Gasteiger partial charge on any atom is -0.302 e. The summed E-state index contributed by atoms with van der Waals surface area (Å²) in [5.74, 6) is 7.74. The first-order valence-corrected chi connectivity index (χ1v) is 10.3. The van der Waals surface area contributed by atoms with Crippen molar-refractivity contribution in [2.45, 2.75) is 17.4 Å². The van der Waals surface area contributed by atoms with Crippen molar-refractivity contribution in [3.8, 4) is 11.8 Å². The predicted octanol–water partition coefficient (Wildman–Crippen LogP) is 4.00. The van der Waals surface area contributed by atoms with E-state index in [4.69, 9.17) is 0 Å². The summed E-state index contributed by atoms with van der Waals surface area (Å²) < 4.78 is 23.1. The maximum atomic E-state index is 13.3. The van der Waals surface area contributed by atoms with Crippen LogP contribution in [0.25, 0.3) is 0 Å². The van der Waals surface area contributed by atoms with E-state index in [1.165, 1.54) is 43.4 Å². The van der Waals surface area contributed by atoms with Gasteiger partial charge in [-0.05, 0) is 37.1 Å². The molecule has 2 bridgehead atoms. The van der Waals surface area contributed by atoms with Crippen molar-refractivity contribution in [3.63, 3.8) is 0 Å². The second-order valence-electron chi connectivity index (χ2n) is 6.12. The standard InChI is InChI=1S/C17H15BrFN3S2/c18-13-6-11(7-14(19)8-13)2-1-5-23-17-16(20-24-21-17)15-10-22-4-3-12(15)9-22/h6-8,12,15H,3-5,9-10H2. The van der Waals surface area contributed by atoms with E-state index in [-0.39, 0.29) is 5.82 Å². The van der Waals surface area contributed by atoms with Crippen LogP contribution < -0.4 is 0 Å². The monoisotopic (exact) mass is 423 g/mol. The summed E-state index contributed by atoms with van der Waals surface area (Å²) in [6.07, 6.45) is 1.28. The second-order valence-corrected chi connectivity index (χ2v) is 8.53. The van der Waals surface area contributed by atoms with Crippen molar-refractivity contribution in [2.75, 3.05) is 25.4 Å². The number of halogens is 2. The molecule has 124 valence electrons. The first-order valence-electron chi connectivity index (χ1n) is 7.81. The lowest BCUT2D eigenvalue weighted by Crippen LogP contribution is -2.22. The van der Waals surface area contributed by atoms with Crippen LogP contribution in [0.5, 0.6) is 0 Å². The van der Waals surface area contributed by atoms with Gasteiger partial charge in [0.15, 0.2) is 0 Å². The zero-order valence-electron chi connectivity index (χ0n) is 12.8. The number of piperidine rings is 1. The zero-order chi connectivity index (χ0) is 16.5. The number of hydrogen-bond donors (Lipinski definition) is 0. The number of fused-ring (bicyclic) bond motifs is 2. The minimum atomic E-state index is -0.279. The summed E-state index contributed by atoms with van der Waals surface area (Å²) in [7, 11) is 0. The van der Waals surface area contributed by atoms with Crippen LogP contribution in [0.1, 0.15) is 23.6 Å². The quantitative estimate of drug-likeness (QED) is 0.550. The molecule has 0 radical (unpaired) electrons. The smallest absolute Gasteiger partial charge is 0.134 e. The summed E-state index contributed by atoms with van der Waals surface area (Å²) in [5.41, 5.74) is 1.84. The molecule has 2 aliphatic rings. The first-order chi connectivity index (χ1) is 11.7. The van der Waals surface area contributed by atoms with E-state index in [0.717, 1.165) is 23.2 Å². The van der Waals surface area contributed by atoms with Crippen LogP contribution in [0.15, 0.2) is 27.7 Å². The Bertz CT molecular complexity index is 793. The van der Waals surface area contributed by atoms with E-state index in [0.29, 0.717) is 21.7 Å².